The minimum absolute atomic E-state index is 0.00454. The molecule has 1 fully saturated rings. The Balaban J connectivity index is 1.73. The van der Waals surface area contributed by atoms with E-state index in [0.29, 0.717) is 36.0 Å². The maximum Gasteiger partial charge on any atom is 0.326 e. The number of urea groups is 1. The summed E-state index contributed by atoms with van der Waals surface area (Å²) in [7, 11) is 1.61. The predicted octanol–water partition coefficient (Wildman–Crippen LogP) is 5.50. The highest BCUT2D eigenvalue weighted by Crippen LogP contribution is 2.46. The number of carbonyl (C=O) groups is 2. The van der Waals surface area contributed by atoms with Crippen molar-refractivity contribution in [1.29, 1.82) is 0 Å². The maximum absolute atomic E-state index is 14.5. The van der Waals surface area contributed by atoms with Gasteiger partial charge in [0.2, 0.25) is 5.91 Å². The lowest BCUT2D eigenvalue weighted by molar-refractivity contribution is -0.123. The first-order chi connectivity index (χ1) is 19.7. The highest BCUT2D eigenvalue weighted by molar-refractivity contribution is 6.11. The first-order valence-electron chi connectivity index (χ1n) is 14.1. The van der Waals surface area contributed by atoms with Gasteiger partial charge in [-0.3, -0.25) is 14.7 Å². The summed E-state index contributed by atoms with van der Waals surface area (Å²) in [6, 6.07) is 19.1. The zero-order chi connectivity index (χ0) is 29.3. The fourth-order valence-corrected chi connectivity index (χ4v) is 5.46. The van der Waals surface area contributed by atoms with Crippen LogP contribution in [0.1, 0.15) is 59.3 Å². The van der Waals surface area contributed by atoms with Gasteiger partial charge in [-0.2, -0.15) is 0 Å². The number of benzene rings is 3. The second-order valence-electron chi connectivity index (χ2n) is 11.1. The first-order valence-corrected chi connectivity index (χ1v) is 14.1. The molecule has 2 atom stereocenters. The van der Waals surface area contributed by atoms with Crippen molar-refractivity contribution in [3.8, 4) is 11.5 Å². The molecule has 0 saturated carbocycles. The SMILES string of the molecule is COc1ccc(C2=N[C@H](c3ccc(C)c(C)c3)[C@H](c3cccc(C)c3)N2C(=O)N2CCNC(=O)C2)c(OC(C)C)c1. The molecule has 0 bridgehead atoms. The van der Waals surface area contributed by atoms with E-state index in [4.69, 9.17) is 14.5 Å². The lowest BCUT2D eigenvalue weighted by Gasteiger charge is -2.36. The molecule has 8 heteroatoms. The third kappa shape index (κ3) is 5.78. The Hall–Kier alpha value is -4.33. The van der Waals surface area contributed by atoms with Gasteiger partial charge >= 0.3 is 6.03 Å². The van der Waals surface area contributed by atoms with Gasteiger partial charge in [0.05, 0.1) is 24.8 Å². The van der Waals surface area contributed by atoms with E-state index in [9.17, 15) is 9.59 Å². The van der Waals surface area contributed by atoms with Crippen LogP contribution in [0.15, 0.2) is 65.7 Å². The minimum Gasteiger partial charge on any atom is -0.497 e. The molecule has 2 heterocycles. The van der Waals surface area contributed by atoms with E-state index < -0.39 is 6.04 Å². The van der Waals surface area contributed by atoms with Crippen LogP contribution in [-0.2, 0) is 4.79 Å². The van der Waals surface area contributed by atoms with E-state index in [-0.39, 0.29) is 30.6 Å². The van der Waals surface area contributed by atoms with E-state index in [0.717, 1.165) is 22.3 Å². The Labute approximate surface area is 242 Å². The highest BCUT2D eigenvalue weighted by atomic mass is 16.5. The highest BCUT2D eigenvalue weighted by Gasteiger charge is 2.45. The molecule has 214 valence electrons. The van der Waals surface area contributed by atoms with Gasteiger partial charge in [-0.15, -0.1) is 0 Å². The van der Waals surface area contributed by atoms with Gasteiger partial charge in [-0.1, -0.05) is 48.0 Å². The normalized spacial score (nSPS) is 18.8. The lowest BCUT2D eigenvalue weighted by atomic mass is 9.91. The first kappa shape index (κ1) is 28.2. The summed E-state index contributed by atoms with van der Waals surface area (Å²) in [6.07, 6.45) is -0.110. The van der Waals surface area contributed by atoms with E-state index >= 15 is 0 Å². The Morgan fingerprint density at radius 2 is 1.80 bits per heavy atom. The van der Waals surface area contributed by atoms with Crippen molar-refractivity contribution >= 4 is 17.8 Å². The Bertz CT molecular complexity index is 1500. The molecule has 0 radical (unpaired) electrons. The Kier molecular flexibility index (Phi) is 8.01. The van der Waals surface area contributed by atoms with Crippen LogP contribution in [0.3, 0.4) is 0 Å². The molecular formula is C33H38N4O4. The molecule has 0 spiro atoms. The van der Waals surface area contributed by atoms with Gasteiger partial charge in [-0.25, -0.2) is 4.79 Å². The van der Waals surface area contributed by atoms with Crippen LogP contribution in [0.4, 0.5) is 4.79 Å². The van der Waals surface area contributed by atoms with Crippen LogP contribution in [0.25, 0.3) is 0 Å². The number of rotatable bonds is 6. The topological polar surface area (TPSA) is 83.5 Å². The zero-order valence-corrected chi connectivity index (χ0v) is 24.6. The Morgan fingerprint density at radius 3 is 2.49 bits per heavy atom. The monoisotopic (exact) mass is 554 g/mol. The van der Waals surface area contributed by atoms with E-state index in [2.05, 4.69) is 43.4 Å². The van der Waals surface area contributed by atoms with Gasteiger partial charge in [0.25, 0.3) is 0 Å². The van der Waals surface area contributed by atoms with Crippen LogP contribution in [-0.4, -0.2) is 60.4 Å². The summed E-state index contributed by atoms with van der Waals surface area (Å²) in [5, 5.41) is 2.82. The van der Waals surface area contributed by atoms with E-state index in [1.165, 1.54) is 5.56 Å². The summed E-state index contributed by atoms with van der Waals surface area (Å²) in [4.78, 5) is 35.5. The molecule has 1 N–H and O–H groups in total. The van der Waals surface area contributed by atoms with Crippen molar-refractivity contribution in [2.45, 2.75) is 52.8 Å². The zero-order valence-electron chi connectivity index (χ0n) is 24.6. The van der Waals surface area contributed by atoms with Crippen molar-refractivity contribution in [2.75, 3.05) is 26.7 Å². The van der Waals surface area contributed by atoms with E-state index in [1.54, 1.807) is 16.9 Å². The number of aryl methyl sites for hydroxylation is 3. The average Bonchev–Trinajstić information content (AvgIpc) is 3.34. The minimum atomic E-state index is -0.432. The third-order valence-corrected chi connectivity index (χ3v) is 7.63. The lowest BCUT2D eigenvalue weighted by Crippen LogP contribution is -2.55. The van der Waals surface area contributed by atoms with Crippen molar-refractivity contribution in [2.24, 2.45) is 4.99 Å². The average molecular weight is 555 g/mol. The number of nitrogens with one attached hydrogen (secondary N) is 1. The molecule has 2 aliphatic rings. The summed E-state index contributed by atoms with van der Waals surface area (Å²) in [5.41, 5.74) is 6.13. The molecule has 8 nitrogen and oxygen atoms in total. The number of piperazine rings is 1. The number of carbonyl (C=O) groups excluding carboxylic acids is 2. The van der Waals surface area contributed by atoms with Gasteiger partial charge in [0.1, 0.15) is 29.9 Å². The molecule has 3 aromatic carbocycles. The fraction of sp³-hybridized carbons (Fsp3) is 0.364. The molecular weight excluding hydrogens is 516 g/mol. The summed E-state index contributed by atoms with van der Waals surface area (Å²) in [5.74, 6) is 1.56. The smallest absolute Gasteiger partial charge is 0.326 e. The number of hydrogen-bond acceptors (Lipinski definition) is 5. The molecule has 0 aliphatic carbocycles. The van der Waals surface area contributed by atoms with Crippen LogP contribution >= 0.6 is 0 Å². The van der Waals surface area contributed by atoms with Crippen LogP contribution < -0.4 is 14.8 Å². The molecule has 0 unspecified atom stereocenters. The second-order valence-corrected chi connectivity index (χ2v) is 11.1. The molecule has 1 saturated heterocycles. The maximum atomic E-state index is 14.5. The van der Waals surface area contributed by atoms with Gasteiger partial charge in [0, 0.05) is 19.2 Å². The summed E-state index contributed by atoms with van der Waals surface area (Å²) >= 11 is 0. The van der Waals surface area contributed by atoms with E-state index in [1.807, 2.05) is 57.2 Å². The van der Waals surface area contributed by atoms with Gasteiger partial charge in [0.15, 0.2) is 0 Å². The molecule has 3 amide bonds. The molecule has 3 aromatic rings. The number of amides is 3. The van der Waals surface area contributed by atoms with Crippen LogP contribution in [0.2, 0.25) is 0 Å². The van der Waals surface area contributed by atoms with Gasteiger partial charge < -0.3 is 19.7 Å². The van der Waals surface area contributed by atoms with Gasteiger partial charge in [-0.05, 0) is 69.0 Å². The van der Waals surface area contributed by atoms with Crippen LogP contribution in [0, 0.1) is 20.8 Å². The third-order valence-electron chi connectivity index (χ3n) is 7.63. The number of hydrogen-bond donors (Lipinski definition) is 1. The van der Waals surface area contributed by atoms with Crippen molar-refractivity contribution in [1.82, 2.24) is 15.1 Å². The summed E-state index contributed by atoms with van der Waals surface area (Å²) < 4.78 is 11.8. The predicted molar refractivity (Wildman–Crippen MR) is 160 cm³/mol. The van der Waals surface area contributed by atoms with Crippen molar-refractivity contribution in [3.63, 3.8) is 0 Å². The number of ether oxygens (including phenoxy) is 2. The molecule has 2 aliphatic heterocycles. The molecule has 0 aromatic heterocycles. The number of methoxy groups -OCH3 is 1. The molecule has 5 rings (SSSR count). The number of amidine groups is 1. The molecule has 41 heavy (non-hydrogen) atoms. The Morgan fingerprint density at radius 1 is 1.00 bits per heavy atom. The fourth-order valence-electron chi connectivity index (χ4n) is 5.46. The van der Waals surface area contributed by atoms with Crippen molar-refractivity contribution < 1.29 is 19.1 Å². The number of aliphatic imine (C=N–C) groups is 1. The number of nitrogens with zero attached hydrogens (tertiary/aromatic N) is 3. The quantitative estimate of drug-likeness (QED) is 0.436. The second kappa shape index (κ2) is 11.6. The summed E-state index contributed by atoms with van der Waals surface area (Å²) in [6.45, 7) is 11.0. The standard InChI is InChI=1S/C33H38N4O4/c1-20(2)41-28-18-26(40-6)12-13-27(28)32-35-30(24-11-10-22(4)23(5)17-24)31(25-9-7-8-21(3)16-25)37(32)33(39)36-15-14-34-29(38)19-36/h7-13,16-18,20,30-31H,14-15,19H2,1-6H3,(H,34,38)/t30-,31+/m1/s1. The largest absolute Gasteiger partial charge is 0.497 e. The van der Waals surface area contributed by atoms with Crippen LogP contribution in [0.5, 0.6) is 11.5 Å². The van der Waals surface area contributed by atoms with Crippen molar-refractivity contribution in [3.05, 3.63) is 94.0 Å².